The first-order valence-corrected chi connectivity index (χ1v) is 16.2. The van der Waals surface area contributed by atoms with Gasteiger partial charge in [-0.2, -0.15) is 0 Å². The van der Waals surface area contributed by atoms with E-state index >= 15 is 0 Å². The summed E-state index contributed by atoms with van der Waals surface area (Å²) in [6, 6.07) is 33.5. The zero-order valence-corrected chi connectivity index (χ0v) is 26.5. The molecule has 0 aliphatic carbocycles. The van der Waals surface area contributed by atoms with Crippen molar-refractivity contribution in [2.45, 2.75) is 30.4 Å². The SMILES string of the molecule is CCC(Sc1cccc(NC(=O)/C(=C/c2ccc(C)cc2)NC(=O)c2ccccc2)c1)C(=O)Nc1nc(-c2ccccc2)cs1. The molecule has 7 nitrogen and oxygen atoms in total. The summed E-state index contributed by atoms with van der Waals surface area (Å²) in [4.78, 5) is 45.0. The van der Waals surface area contributed by atoms with Crippen LogP contribution in [0, 0.1) is 6.92 Å². The number of aryl methyl sites for hydroxylation is 1. The van der Waals surface area contributed by atoms with Crippen LogP contribution < -0.4 is 16.0 Å². The molecule has 5 aromatic rings. The first-order valence-electron chi connectivity index (χ1n) is 14.4. The van der Waals surface area contributed by atoms with Gasteiger partial charge in [-0.05, 0) is 55.3 Å². The molecule has 0 aliphatic heterocycles. The lowest BCUT2D eigenvalue weighted by atomic mass is 10.1. The van der Waals surface area contributed by atoms with Crippen molar-refractivity contribution in [2.75, 3.05) is 10.6 Å². The molecule has 1 atom stereocenters. The molecule has 1 unspecified atom stereocenters. The van der Waals surface area contributed by atoms with Gasteiger partial charge >= 0.3 is 0 Å². The van der Waals surface area contributed by atoms with Gasteiger partial charge in [0.05, 0.1) is 10.9 Å². The van der Waals surface area contributed by atoms with E-state index in [0.29, 0.717) is 22.8 Å². The van der Waals surface area contributed by atoms with Crippen molar-refractivity contribution in [3.63, 3.8) is 0 Å². The van der Waals surface area contributed by atoms with Gasteiger partial charge in [-0.3, -0.25) is 14.4 Å². The van der Waals surface area contributed by atoms with Crippen LogP contribution >= 0.6 is 23.1 Å². The van der Waals surface area contributed by atoms with E-state index in [1.165, 1.54) is 23.1 Å². The minimum Gasteiger partial charge on any atom is -0.321 e. The second-order valence-electron chi connectivity index (χ2n) is 10.2. The number of rotatable bonds is 11. The summed E-state index contributed by atoms with van der Waals surface area (Å²) < 4.78 is 0. The molecule has 1 aromatic heterocycles. The Hall–Kier alpha value is -4.99. The largest absolute Gasteiger partial charge is 0.321 e. The summed E-state index contributed by atoms with van der Waals surface area (Å²) in [6.45, 7) is 3.94. The minimum atomic E-state index is -0.468. The molecule has 0 fully saturated rings. The van der Waals surface area contributed by atoms with E-state index in [9.17, 15) is 14.4 Å². The number of benzene rings is 4. The fraction of sp³-hybridized carbons (Fsp3) is 0.111. The van der Waals surface area contributed by atoms with Gasteiger partial charge in [-0.1, -0.05) is 91.3 Å². The van der Waals surface area contributed by atoms with Crippen molar-refractivity contribution in [2.24, 2.45) is 0 Å². The first kappa shape index (κ1) is 31.4. The molecule has 5 rings (SSSR count). The lowest BCUT2D eigenvalue weighted by molar-refractivity contribution is -0.116. The van der Waals surface area contributed by atoms with E-state index in [-0.39, 0.29) is 22.8 Å². The van der Waals surface area contributed by atoms with Gasteiger partial charge in [0, 0.05) is 27.1 Å². The van der Waals surface area contributed by atoms with E-state index in [2.05, 4.69) is 20.9 Å². The molecule has 3 N–H and O–H groups in total. The molecule has 226 valence electrons. The van der Waals surface area contributed by atoms with E-state index in [4.69, 9.17) is 0 Å². The Labute approximate surface area is 270 Å². The zero-order valence-electron chi connectivity index (χ0n) is 24.8. The topological polar surface area (TPSA) is 100 Å². The molecule has 1 heterocycles. The number of anilines is 2. The molecule has 45 heavy (non-hydrogen) atoms. The lowest BCUT2D eigenvalue weighted by Crippen LogP contribution is -2.30. The average molecular weight is 633 g/mol. The molecule has 4 aromatic carbocycles. The van der Waals surface area contributed by atoms with E-state index in [1.54, 1.807) is 36.4 Å². The van der Waals surface area contributed by atoms with E-state index in [0.717, 1.165) is 27.3 Å². The first-order chi connectivity index (χ1) is 21.9. The van der Waals surface area contributed by atoms with Crippen molar-refractivity contribution in [3.05, 3.63) is 137 Å². The zero-order chi connectivity index (χ0) is 31.6. The van der Waals surface area contributed by atoms with Gasteiger partial charge in [0.1, 0.15) is 5.70 Å². The number of hydrogen-bond acceptors (Lipinski definition) is 6. The van der Waals surface area contributed by atoms with E-state index in [1.807, 2.05) is 98.1 Å². The normalized spacial score (nSPS) is 11.8. The van der Waals surface area contributed by atoms with Crippen LogP contribution in [-0.4, -0.2) is 28.0 Å². The van der Waals surface area contributed by atoms with Crippen LogP contribution in [0.3, 0.4) is 0 Å². The van der Waals surface area contributed by atoms with Gasteiger partial charge in [-0.15, -0.1) is 23.1 Å². The summed E-state index contributed by atoms with van der Waals surface area (Å²) in [5.41, 5.74) is 4.75. The van der Waals surface area contributed by atoms with Crippen LogP contribution in [0.25, 0.3) is 17.3 Å². The third-order valence-corrected chi connectivity index (χ3v) is 8.87. The van der Waals surface area contributed by atoms with Crippen LogP contribution in [0.5, 0.6) is 0 Å². The summed E-state index contributed by atoms with van der Waals surface area (Å²) in [6.07, 6.45) is 2.24. The maximum Gasteiger partial charge on any atom is 0.272 e. The molecule has 0 bridgehead atoms. The van der Waals surface area contributed by atoms with Crippen molar-refractivity contribution in [1.82, 2.24) is 10.3 Å². The summed E-state index contributed by atoms with van der Waals surface area (Å²) in [7, 11) is 0. The number of thiazole rings is 1. The van der Waals surface area contributed by atoms with Crippen LogP contribution in [0.2, 0.25) is 0 Å². The number of amides is 3. The second kappa shape index (κ2) is 15.1. The van der Waals surface area contributed by atoms with Crippen molar-refractivity contribution in [1.29, 1.82) is 0 Å². The fourth-order valence-corrected chi connectivity index (χ4v) is 6.10. The Balaban J connectivity index is 1.27. The molecule has 3 amide bonds. The molecule has 0 saturated heterocycles. The summed E-state index contributed by atoms with van der Waals surface area (Å²) in [5, 5.41) is 10.7. The van der Waals surface area contributed by atoms with Crippen molar-refractivity contribution >= 4 is 57.7 Å². The highest BCUT2D eigenvalue weighted by atomic mass is 32.2. The van der Waals surface area contributed by atoms with Gasteiger partial charge in [0.2, 0.25) is 5.91 Å². The summed E-state index contributed by atoms with van der Waals surface area (Å²) in [5.74, 6) is -0.996. The van der Waals surface area contributed by atoms with Crippen molar-refractivity contribution < 1.29 is 14.4 Å². The maximum atomic E-state index is 13.5. The number of carbonyl (C=O) groups is 3. The Morgan fingerprint density at radius 3 is 2.29 bits per heavy atom. The Morgan fingerprint density at radius 1 is 0.867 bits per heavy atom. The van der Waals surface area contributed by atoms with Gasteiger partial charge in [0.25, 0.3) is 11.8 Å². The van der Waals surface area contributed by atoms with Crippen LogP contribution in [0.15, 0.2) is 125 Å². The van der Waals surface area contributed by atoms with Crippen LogP contribution in [-0.2, 0) is 9.59 Å². The van der Waals surface area contributed by atoms with Gasteiger partial charge < -0.3 is 16.0 Å². The number of nitrogens with zero attached hydrogens (tertiary/aromatic N) is 1. The number of carbonyl (C=O) groups excluding carboxylic acids is 3. The maximum absolute atomic E-state index is 13.5. The standard InChI is InChI=1S/C36H32N4O3S2/c1-3-32(35(43)40-36-39-31(23-44-36)26-11-6-4-7-12-26)45-29-16-10-15-28(22-29)37-34(42)30(21-25-19-17-24(2)18-20-25)38-33(41)27-13-8-5-9-14-27/h4-23,32H,3H2,1-2H3,(H,37,42)(H,38,41)(H,39,40,43)/b30-21-. The molecule has 9 heteroatoms. The third-order valence-electron chi connectivity index (χ3n) is 6.75. The Kier molecular flexibility index (Phi) is 10.6. The van der Waals surface area contributed by atoms with Gasteiger partial charge in [0.15, 0.2) is 5.13 Å². The van der Waals surface area contributed by atoms with Gasteiger partial charge in [-0.25, -0.2) is 4.98 Å². The highest BCUT2D eigenvalue weighted by Crippen LogP contribution is 2.30. The quantitative estimate of drug-likeness (QED) is 0.101. The number of aromatic nitrogens is 1. The molecular formula is C36H32N4O3S2. The number of nitrogens with one attached hydrogen (secondary N) is 3. The third kappa shape index (κ3) is 8.78. The Bertz CT molecular complexity index is 1800. The van der Waals surface area contributed by atoms with Crippen LogP contribution in [0.1, 0.15) is 34.8 Å². The summed E-state index contributed by atoms with van der Waals surface area (Å²) >= 11 is 2.80. The highest BCUT2D eigenvalue weighted by molar-refractivity contribution is 8.00. The molecular weight excluding hydrogens is 601 g/mol. The lowest BCUT2D eigenvalue weighted by Gasteiger charge is -2.15. The number of hydrogen-bond donors (Lipinski definition) is 3. The minimum absolute atomic E-state index is 0.106. The number of thioether (sulfide) groups is 1. The molecule has 0 spiro atoms. The Morgan fingerprint density at radius 2 is 1.58 bits per heavy atom. The smallest absolute Gasteiger partial charge is 0.272 e. The molecule has 0 aliphatic rings. The second-order valence-corrected chi connectivity index (χ2v) is 12.3. The predicted molar refractivity (Wildman–Crippen MR) is 184 cm³/mol. The van der Waals surface area contributed by atoms with E-state index < -0.39 is 5.91 Å². The highest BCUT2D eigenvalue weighted by Gasteiger charge is 2.20. The van der Waals surface area contributed by atoms with Crippen LogP contribution in [0.4, 0.5) is 10.8 Å². The van der Waals surface area contributed by atoms with Crippen molar-refractivity contribution in [3.8, 4) is 11.3 Å². The average Bonchev–Trinajstić information content (AvgIpc) is 3.53. The monoisotopic (exact) mass is 632 g/mol. The predicted octanol–water partition coefficient (Wildman–Crippen LogP) is 8.04. The fourth-order valence-electron chi connectivity index (χ4n) is 4.36. The molecule has 0 radical (unpaired) electrons. The molecule has 0 saturated carbocycles.